The Morgan fingerprint density at radius 3 is 2.50 bits per heavy atom. The van der Waals surface area contributed by atoms with Gasteiger partial charge in [0.25, 0.3) is 0 Å². The van der Waals surface area contributed by atoms with Gasteiger partial charge in [0.05, 0.1) is 0 Å². The van der Waals surface area contributed by atoms with Crippen molar-refractivity contribution in [1.29, 1.82) is 0 Å². The number of nitrogens with two attached hydrogens (primary N) is 1. The average Bonchev–Trinajstić information content (AvgIpc) is 2.54. The van der Waals surface area contributed by atoms with Gasteiger partial charge in [-0.3, -0.25) is 4.79 Å². The van der Waals surface area contributed by atoms with E-state index in [1.165, 1.54) is 12.8 Å². The van der Waals surface area contributed by atoms with Crippen LogP contribution in [0.1, 0.15) is 33.1 Å². The second-order valence-corrected chi connectivity index (χ2v) is 4.52. The Kier molecular flexibility index (Phi) is 3.50. The number of nitrogens with zero attached hydrogens (tertiary/aromatic N) is 1. The molecule has 0 aromatic carbocycles. The molecule has 0 aliphatic carbocycles. The summed E-state index contributed by atoms with van der Waals surface area (Å²) in [5.74, 6) is -0.913. The highest BCUT2D eigenvalue weighted by molar-refractivity contribution is 5.77. The van der Waals surface area contributed by atoms with Crippen molar-refractivity contribution in [2.24, 2.45) is 5.73 Å². The van der Waals surface area contributed by atoms with Crippen LogP contribution in [0.25, 0.3) is 0 Å². The molecule has 82 valence electrons. The molecule has 0 bridgehead atoms. The summed E-state index contributed by atoms with van der Waals surface area (Å²) < 4.78 is 0. The summed E-state index contributed by atoms with van der Waals surface area (Å²) in [6.07, 6.45) is 2.96. The van der Waals surface area contributed by atoms with E-state index in [1.54, 1.807) is 6.92 Å². The van der Waals surface area contributed by atoms with E-state index < -0.39 is 11.5 Å². The molecule has 2 unspecified atom stereocenters. The largest absolute Gasteiger partial charge is 0.480 e. The standard InChI is InChI=1S/C10H20N2O2/c1-8(12-5-3-4-6-12)7-10(2,11)9(13)14/h8H,3-7,11H2,1-2H3,(H,13,14). The van der Waals surface area contributed by atoms with Crippen LogP contribution in [0.5, 0.6) is 0 Å². The van der Waals surface area contributed by atoms with E-state index in [0.29, 0.717) is 6.42 Å². The van der Waals surface area contributed by atoms with Gasteiger partial charge in [0.15, 0.2) is 0 Å². The van der Waals surface area contributed by atoms with E-state index in [1.807, 2.05) is 0 Å². The van der Waals surface area contributed by atoms with Crippen molar-refractivity contribution >= 4 is 5.97 Å². The summed E-state index contributed by atoms with van der Waals surface area (Å²) in [4.78, 5) is 13.1. The van der Waals surface area contributed by atoms with E-state index in [2.05, 4.69) is 11.8 Å². The van der Waals surface area contributed by atoms with Crippen molar-refractivity contribution < 1.29 is 9.90 Å². The van der Waals surface area contributed by atoms with Crippen LogP contribution >= 0.6 is 0 Å². The minimum absolute atomic E-state index is 0.267. The summed E-state index contributed by atoms with van der Waals surface area (Å²) in [7, 11) is 0. The summed E-state index contributed by atoms with van der Waals surface area (Å²) in [6, 6.07) is 0.267. The molecular weight excluding hydrogens is 180 g/mol. The summed E-state index contributed by atoms with van der Waals surface area (Å²) in [5, 5.41) is 8.89. The van der Waals surface area contributed by atoms with E-state index in [0.717, 1.165) is 13.1 Å². The fourth-order valence-corrected chi connectivity index (χ4v) is 2.01. The topological polar surface area (TPSA) is 66.6 Å². The first-order chi connectivity index (χ1) is 6.43. The van der Waals surface area contributed by atoms with Gasteiger partial charge in [-0.1, -0.05) is 0 Å². The molecule has 0 spiro atoms. The Labute approximate surface area is 85.1 Å². The normalized spacial score (nSPS) is 24.5. The lowest BCUT2D eigenvalue weighted by molar-refractivity contribution is -0.143. The highest BCUT2D eigenvalue weighted by atomic mass is 16.4. The second kappa shape index (κ2) is 4.28. The van der Waals surface area contributed by atoms with Crippen LogP contribution in [-0.2, 0) is 4.79 Å². The quantitative estimate of drug-likeness (QED) is 0.699. The number of carboxylic acids is 1. The van der Waals surface area contributed by atoms with Gasteiger partial charge >= 0.3 is 5.97 Å². The molecule has 0 amide bonds. The molecule has 0 saturated carbocycles. The Hall–Kier alpha value is -0.610. The Bertz CT molecular complexity index is 210. The number of hydrogen-bond acceptors (Lipinski definition) is 3. The summed E-state index contributed by atoms with van der Waals surface area (Å²) in [6.45, 7) is 5.80. The van der Waals surface area contributed by atoms with Crippen LogP contribution in [0.3, 0.4) is 0 Å². The fourth-order valence-electron chi connectivity index (χ4n) is 2.01. The smallest absolute Gasteiger partial charge is 0.323 e. The molecule has 1 aliphatic heterocycles. The Morgan fingerprint density at radius 1 is 1.57 bits per heavy atom. The van der Waals surface area contributed by atoms with Crippen molar-refractivity contribution in [2.75, 3.05) is 13.1 Å². The van der Waals surface area contributed by atoms with E-state index in [4.69, 9.17) is 10.8 Å². The third kappa shape index (κ3) is 2.69. The van der Waals surface area contributed by atoms with Crippen molar-refractivity contribution in [2.45, 2.75) is 44.7 Å². The lowest BCUT2D eigenvalue weighted by Gasteiger charge is -2.29. The first-order valence-electron chi connectivity index (χ1n) is 5.20. The maximum atomic E-state index is 10.8. The van der Waals surface area contributed by atoms with E-state index in [-0.39, 0.29) is 6.04 Å². The van der Waals surface area contributed by atoms with Crippen LogP contribution in [0, 0.1) is 0 Å². The van der Waals surface area contributed by atoms with Gasteiger partial charge in [-0.2, -0.15) is 0 Å². The molecule has 0 aromatic heterocycles. The van der Waals surface area contributed by atoms with Gasteiger partial charge in [0.2, 0.25) is 0 Å². The van der Waals surface area contributed by atoms with E-state index in [9.17, 15) is 4.79 Å². The highest BCUT2D eigenvalue weighted by Crippen LogP contribution is 2.18. The predicted molar refractivity (Wildman–Crippen MR) is 55.1 cm³/mol. The summed E-state index contributed by atoms with van der Waals surface area (Å²) >= 11 is 0. The third-order valence-corrected chi connectivity index (χ3v) is 2.97. The minimum atomic E-state index is -1.10. The molecule has 3 N–H and O–H groups in total. The monoisotopic (exact) mass is 200 g/mol. The van der Waals surface area contributed by atoms with Crippen LogP contribution in [-0.4, -0.2) is 40.6 Å². The first-order valence-corrected chi connectivity index (χ1v) is 5.20. The van der Waals surface area contributed by atoms with E-state index >= 15 is 0 Å². The SMILES string of the molecule is CC(CC(C)(N)C(=O)O)N1CCCC1. The lowest BCUT2D eigenvalue weighted by atomic mass is 9.94. The van der Waals surface area contributed by atoms with Crippen molar-refractivity contribution in [3.8, 4) is 0 Å². The zero-order valence-electron chi connectivity index (χ0n) is 8.99. The number of carboxylic acid groups (broad SMARTS) is 1. The maximum absolute atomic E-state index is 10.8. The molecule has 4 nitrogen and oxygen atoms in total. The molecule has 1 saturated heterocycles. The summed E-state index contributed by atoms with van der Waals surface area (Å²) in [5.41, 5.74) is 4.61. The molecule has 2 atom stereocenters. The molecule has 4 heteroatoms. The maximum Gasteiger partial charge on any atom is 0.323 e. The van der Waals surface area contributed by atoms with Gasteiger partial charge in [0.1, 0.15) is 5.54 Å². The van der Waals surface area contributed by atoms with Gasteiger partial charge in [0, 0.05) is 6.04 Å². The zero-order chi connectivity index (χ0) is 10.8. The third-order valence-electron chi connectivity index (χ3n) is 2.97. The van der Waals surface area contributed by atoms with Crippen LogP contribution in [0.15, 0.2) is 0 Å². The van der Waals surface area contributed by atoms with Gasteiger partial charge in [-0.15, -0.1) is 0 Å². The Morgan fingerprint density at radius 2 is 2.07 bits per heavy atom. The molecule has 0 aromatic rings. The van der Waals surface area contributed by atoms with Gasteiger partial charge in [-0.25, -0.2) is 0 Å². The van der Waals surface area contributed by atoms with Crippen molar-refractivity contribution in [1.82, 2.24) is 4.90 Å². The minimum Gasteiger partial charge on any atom is -0.480 e. The molecular formula is C10H20N2O2. The average molecular weight is 200 g/mol. The number of likely N-dealkylation sites (tertiary alicyclic amines) is 1. The zero-order valence-corrected chi connectivity index (χ0v) is 8.99. The van der Waals surface area contributed by atoms with Gasteiger partial charge < -0.3 is 15.7 Å². The molecule has 1 heterocycles. The predicted octanol–water partition coefficient (Wildman–Crippen LogP) is 0.663. The van der Waals surface area contributed by atoms with Crippen molar-refractivity contribution in [3.63, 3.8) is 0 Å². The first kappa shape index (κ1) is 11.5. The lowest BCUT2D eigenvalue weighted by Crippen LogP contribution is -2.49. The van der Waals surface area contributed by atoms with Crippen molar-refractivity contribution in [3.05, 3.63) is 0 Å². The number of rotatable bonds is 4. The number of aliphatic carboxylic acids is 1. The van der Waals surface area contributed by atoms with Crippen LogP contribution in [0.4, 0.5) is 0 Å². The van der Waals surface area contributed by atoms with Gasteiger partial charge in [-0.05, 0) is 46.2 Å². The fraction of sp³-hybridized carbons (Fsp3) is 0.900. The second-order valence-electron chi connectivity index (χ2n) is 4.52. The Balaban J connectivity index is 2.46. The highest BCUT2D eigenvalue weighted by Gasteiger charge is 2.32. The molecule has 1 aliphatic rings. The number of carbonyl (C=O) groups is 1. The molecule has 1 fully saturated rings. The molecule has 14 heavy (non-hydrogen) atoms. The molecule has 1 rings (SSSR count). The van der Waals surface area contributed by atoms with Crippen LogP contribution < -0.4 is 5.73 Å². The van der Waals surface area contributed by atoms with Crippen LogP contribution in [0.2, 0.25) is 0 Å². The number of hydrogen-bond donors (Lipinski definition) is 2. The molecule has 0 radical (unpaired) electrons.